The first-order chi connectivity index (χ1) is 8.47. The van der Waals surface area contributed by atoms with Crippen LogP contribution in [0.5, 0.6) is 23.0 Å². The Morgan fingerprint density at radius 2 is 1.67 bits per heavy atom. The minimum Gasteiger partial charge on any atom is -0.507 e. The van der Waals surface area contributed by atoms with Crippen molar-refractivity contribution in [2.45, 2.75) is 13.8 Å². The molecular weight excluding hydrogens is 236 g/mol. The van der Waals surface area contributed by atoms with Crippen LogP contribution in [0.1, 0.15) is 24.2 Å². The minimum absolute atomic E-state index is 0.116. The number of aromatic hydroxyl groups is 1. The van der Waals surface area contributed by atoms with Gasteiger partial charge in [0.1, 0.15) is 11.3 Å². The van der Waals surface area contributed by atoms with Crippen molar-refractivity contribution in [3.8, 4) is 23.0 Å². The molecule has 0 heterocycles. The zero-order valence-corrected chi connectivity index (χ0v) is 11.2. The maximum absolute atomic E-state index is 12.1. The number of methoxy groups -OCH3 is 3. The number of Topliss-reactive ketones (excluding diaryl/α,β-unsaturated/α-hetero) is 1. The number of carbonyl (C=O) groups is 1. The van der Waals surface area contributed by atoms with Gasteiger partial charge in [0.05, 0.1) is 21.3 Å². The number of hydrogen-bond donors (Lipinski definition) is 1. The first-order valence-corrected chi connectivity index (χ1v) is 5.54. The van der Waals surface area contributed by atoms with Crippen LogP contribution in [-0.4, -0.2) is 32.2 Å². The van der Waals surface area contributed by atoms with E-state index in [4.69, 9.17) is 14.2 Å². The van der Waals surface area contributed by atoms with Crippen LogP contribution >= 0.6 is 0 Å². The number of benzene rings is 1. The van der Waals surface area contributed by atoms with Gasteiger partial charge in [0.2, 0.25) is 5.75 Å². The number of ketones is 1. The summed E-state index contributed by atoms with van der Waals surface area (Å²) < 4.78 is 15.4. The predicted molar refractivity (Wildman–Crippen MR) is 66.9 cm³/mol. The lowest BCUT2D eigenvalue weighted by Gasteiger charge is -2.17. The molecule has 0 aliphatic carbocycles. The third-order valence-corrected chi connectivity index (χ3v) is 2.58. The van der Waals surface area contributed by atoms with Crippen LogP contribution in [0.3, 0.4) is 0 Å². The van der Waals surface area contributed by atoms with Crippen molar-refractivity contribution in [3.05, 3.63) is 11.6 Å². The van der Waals surface area contributed by atoms with Gasteiger partial charge in [0.15, 0.2) is 17.3 Å². The quantitative estimate of drug-likeness (QED) is 0.816. The second-order valence-corrected chi connectivity index (χ2v) is 4.06. The molecular formula is C13H18O5. The molecule has 5 heteroatoms. The summed E-state index contributed by atoms with van der Waals surface area (Å²) >= 11 is 0. The van der Waals surface area contributed by atoms with Crippen molar-refractivity contribution in [3.63, 3.8) is 0 Å². The Bertz CT molecular complexity index is 451. The Labute approximate surface area is 106 Å². The molecule has 0 bridgehead atoms. The van der Waals surface area contributed by atoms with Crippen LogP contribution < -0.4 is 14.2 Å². The Morgan fingerprint density at radius 3 is 2.06 bits per heavy atom. The molecule has 1 aromatic carbocycles. The van der Waals surface area contributed by atoms with Gasteiger partial charge in [0, 0.05) is 12.0 Å². The van der Waals surface area contributed by atoms with Crippen LogP contribution in [0.2, 0.25) is 0 Å². The minimum atomic E-state index is -0.261. The average molecular weight is 254 g/mol. The van der Waals surface area contributed by atoms with Gasteiger partial charge in [-0.15, -0.1) is 0 Å². The number of ether oxygens (including phenoxy) is 3. The van der Waals surface area contributed by atoms with Crippen molar-refractivity contribution in [1.82, 2.24) is 0 Å². The Morgan fingerprint density at radius 1 is 1.11 bits per heavy atom. The second-order valence-electron chi connectivity index (χ2n) is 4.06. The van der Waals surface area contributed by atoms with E-state index in [9.17, 15) is 9.90 Å². The molecule has 1 rings (SSSR count). The van der Waals surface area contributed by atoms with E-state index in [1.807, 2.05) is 0 Å². The number of hydrogen-bond acceptors (Lipinski definition) is 5. The molecule has 5 nitrogen and oxygen atoms in total. The molecule has 0 amide bonds. The molecule has 100 valence electrons. The molecule has 0 atom stereocenters. The van der Waals surface area contributed by atoms with E-state index in [0.717, 1.165) is 0 Å². The fourth-order valence-corrected chi connectivity index (χ4v) is 1.67. The molecule has 0 aromatic heterocycles. The van der Waals surface area contributed by atoms with E-state index < -0.39 is 0 Å². The summed E-state index contributed by atoms with van der Waals surface area (Å²) in [6.45, 7) is 3.50. The predicted octanol–water partition coefficient (Wildman–Crippen LogP) is 2.26. The van der Waals surface area contributed by atoms with Crippen LogP contribution in [0.4, 0.5) is 0 Å². The summed E-state index contributed by atoms with van der Waals surface area (Å²) in [6, 6.07) is 1.34. The van der Waals surface area contributed by atoms with E-state index in [-0.39, 0.29) is 28.8 Å². The maximum Gasteiger partial charge on any atom is 0.204 e. The van der Waals surface area contributed by atoms with E-state index in [1.54, 1.807) is 13.8 Å². The molecule has 0 unspecified atom stereocenters. The highest BCUT2D eigenvalue weighted by Crippen LogP contribution is 2.45. The molecule has 0 spiro atoms. The molecule has 0 saturated carbocycles. The molecule has 0 aliphatic rings. The van der Waals surface area contributed by atoms with E-state index in [0.29, 0.717) is 11.5 Å². The third kappa shape index (κ3) is 2.34. The lowest BCUT2D eigenvalue weighted by molar-refractivity contribution is 0.0932. The van der Waals surface area contributed by atoms with Gasteiger partial charge < -0.3 is 19.3 Å². The van der Waals surface area contributed by atoms with Gasteiger partial charge >= 0.3 is 0 Å². The van der Waals surface area contributed by atoms with E-state index >= 15 is 0 Å². The summed E-state index contributed by atoms with van der Waals surface area (Å²) in [5, 5.41) is 9.94. The van der Waals surface area contributed by atoms with Crippen molar-refractivity contribution in [2.24, 2.45) is 5.92 Å². The zero-order valence-electron chi connectivity index (χ0n) is 11.2. The summed E-state index contributed by atoms with van der Waals surface area (Å²) in [5.41, 5.74) is 0.116. The van der Waals surface area contributed by atoms with Crippen LogP contribution in [0, 0.1) is 5.92 Å². The van der Waals surface area contributed by atoms with Crippen molar-refractivity contribution in [2.75, 3.05) is 21.3 Å². The van der Waals surface area contributed by atoms with Gasteiger partial charge in [-0.05, 0) is 0 Å². The topological polar surface area (TPSA) is 65.0 Å². The monoisotopic (exact) mass is 254 g/mol. The Kier molecular flexibility index (Phi) is 4.42. The zero-order chi connectivity index (χ0) is 13.9. The van der Waals surface area contributed by atoms with Gasteiger partial charge in [0.25, 0.3) is 0 Å². The number of rotatable bonds is 5. The molecule has 1 aromatic rings. The van der Waals surface area contributed by atoms with Gasteiger partial charge in [-0.2, -0.15) is 0 Å². The Balaban J connectivity index is 3.56. The number of phenolic OH excluding ortho intramolecular Hbond substituents is 1. The highest BCUT2D eigenvalue weighted by Gasteiger charge is 2.26. The van der Waals surface area contributed by atoms with Gasteiger partial charge in [-0.1, -0.05) is 13.8 Å². The van der Waals surface area contributed by atoms with Gasteiger partial charge in [-0.3, -0.25) is 4.79 Å². The highest BCUT2D eigenvalue weighted by molar-refractivity contribution is 6.03. The first kappa shape index (κ1) is 14.2. The number of carbonyl (C=O) groups excluding carboxylic acids is 1. The summed E-state index contributed by atoms with van der Waals surface area (Å²) in [6.07, 6.45) is 0. The van der Waals surface area contributed by atoms with Crippen LogP contribution in [0.25, 0.3) is 0 Å². The molecule has 18 heavy (non-hydrogen) atoms. The lowest BCUT2D eigenvalue weighted by atomic mass is 9.98. The SMILES string of the molecule is COc1cc(O)c(C(=O)C(C)C)c(OC)c1OC. The second kappa shape index (κ2) is 5.62. The van der Waals surface area contributed by atoms with Crippen LogP contribution in [-0.2, 0) is 0 Å². The van der Waals surface area contributed by atoms with E-state index in [2.05, 4.69) is 0 Å². The van der Waals surface area contributed by atoms with Crippen LogP contribution in [0.15, 0.2) is 6.07 Å². The summed E-state index contributed by atoms with van der Waals surface area (Å²) in [5.74, 6) is 0.137. The first-order valence-electron chi connectivity index (χ1n) is 5.54. The molecule has 0 saturated heterocycles. The molecule has 1 N–H and O–H groups in total. The third-order valence-electron chi connectivity index (χ3n) is 2.58. The standard InChI is InChI=1S/C13H18O5/c1-7(2)11(15)10-8(14)6-9(16-3)12(17-4)13(10)18-5/h6-7,14H,1-5H3. The van der Waals surface area contributed by atoms with Crippen molar-refractivity contribution in [1.29, 1.82) is 0 Å². The molecule has 0 aliphatic heterocycles. The Hall–Kier alpha value is -1.91. The van der Waals surface area contributed by atoms with E-state index in [1.165, 1.54) is 27.4 Å². The molecule has 0 radical (unpaired) electrons. The van der Waals surface area contributed by atoms with Crippen molar-refractivity contribution < 1.29 is 24.1 Å². The number of phenols is 1. The maximum atomic E-state index is 12.1. The fourth-order valence-electron chi connectivity index (χ4n) is 1.67. The average Bonchev–Trinajstić information content (AvgIpc) is 2.36. The van der Waals surface area contributed by atoms with Crippen molar-refractivity contribution >= 4 is 5.78 Å². The summed E-state index contributed by atoms with van der Waals surface area (Å²) in [4.78, 5) is 12.1. The largest absolute Gasteiger partial charge is 0.507 e. The molecule has 0 fully saturated rings. The normalized spacial score (nSPS) is 10.3. The van der Waals surface area contributed by atoms with Gasteiger partial charge in [-0.25, -0.2) is 0 Å². The fraction of sp³-hybridized carbons (Fsp3) is 0.462. The highest BCUT2D eigenvalue weighted by atomic mass is 16.5. The lowest BCUT2D eigenvalue weighted by Crippen LogP contribution is -2.11. The summed E-state index contributed by atoms with van der Waals surface area (Å²) in [7, 11) is 4.30. The smallest absolute Gasteiger partial charge is 0.204 e.